The average molecular weight is 385 g/mol. The minimum absolute atomic E-state index is 0.102. The minimum Gasteiger partial charge on any atom is -0.364 e. The van der Waals surface area contributed by atoms with E-state index in [-0.39, 0.29) is 17.6 Å². The Bertz CT molecular complexity index is 1190. The van der Waals surface area contributed by atoms with Crippen LogP contribution in [0.3, 0.4) is 0 Å². The predicted octanol–water partition coefficient (Wildman–Crippen LogP) is 3.01. The molecule has 3 aromatic carbocycles. The van der Waals surface area contributed by atoms with Gasteiger partial charge in [0.05, 0.1) is 17.9 Å². The fourth-order valence-corrected chi connectivity index (χ4v) is 3.20. The van der Waals surface area contributed by atoms with Crippen LogP contribution in [-0.4, -0.2) is 26.8 Å². The number of nitrogens with two attached hydrogens (primary N) is 1. The van der Waals surface area contributed by atoms with Gasteiger partial charge in [-0.2, -0.15) is 0 Å². The molecule has 0 aliphatic heterocycles. The number of nitrogens with zero attached hydrogens (tertiary/aromatic N) is 3. The van der Waals surface area contributed by atoms with Crippen molar-refractivity contribution >= 4 is 22.6 Å². The van der Waals surface area contributed by atoms with E-state index >= 15 is 0 Å². The van der Waals surface area contributed by atoms with Gasteiger partial charge >= 0.3 is 0 Å². The Hall–Kier alpha value is -4.00. The van der Waals surface area contributed by atoms with E-state index in [2.05, 4.69) is 15.6 Å². The Labute approximate surface area is 167 Å². The number of aromatic nitrogens is 3. The third-order valence-corrected chi connectivity index (χ3v) is 4.79. The summed E-state index contributed by atoms with van der Waals surface area (Å²) in [6, 6.07) is 20.8. The molecule has 1 heterocycles. The molecule has 1 aromatic heterocycles. The van der Waals surface area contributed by atoms with Crippen molar-refractivity contribution in [1.29, 1.82) is 0 Å². The Balaban J connectivity index is 1.51. The first-order valence-electron chi connectivity index (χ1n) is 9.14. The van der Waals surface area contributed by atoms with E-state index in [1.54, 1.807) is 0 Å². The highest BCUT2D eigenvalue weighted by atomic mass is 16.2. The Morgan fingerprint density at radius 1 is 1.00 bits per heavy atom. The normalized spacial score (nSPS) is 11.9. The van der Waals surface area contributed by atoms with Gasteiger partial charge in [-0.3, -0.25) is 9.59 Å². The lowest BCUT2D eigenvalue weighted by molar-refractivity contribution is 0.0940. The highest BCUT2D eigenvalue weighted by molar-refractivity contribution is 6.07. The van der Waals surface area contributed by atoms with Gasteiger partial charge in [0.25, 0.3) is 11.8 Å². The molecule has 4 aromatic rings. The Morgan fingerprint density at radius 2 is 1.72 bits per heavy atom. The summed E-state index contributed by atoms with van der Waals surface area (Å²) < 4.78 is 1.48. The molecule has 4 rings (SSSR count). The van der Waals surface area contributed by atoms with E-state index in [0.717, 1.165) is 22.0 Å². The average Bonchev–Trinajstić information content (AvgIpc) is 3.24. The maximum atomic E-state index is 12.8. The molecule has 7 heteroatoms. The van der Waals surface area contributed by atoms with Gasteiger partial charge in [-0.25, -0.2) is 4.68 Å². The lowest BCUT2D eigenvalue weighted by Gasteiger charge is -2.16. The van der Waals surface area contributed by atoms with Gasteiger partial charge in [-0.15, -0.1) is 5.10 Å². The van der Waals surface area contributed by atoms with E-state index in [4.69, 9.17) is 5.73 Å². The van der Waals surface area contributed by atoms with E-state index in [0.29, 0.717) is 5.56 Å². The summed E-state index contributed by atoms with van der Waals surface area (Å²) in [5.74, 6) is -0.751. The molecule has 3 N–H and O–H groups in total. The van der Waals surface area contributed by atoms with E-state index in [1.165, 1.54) is 10.9 Å². The van der Waals surface area contributed by atoms with Gasteiger partial charge in [0.2, 0.25) is 0 Å². The van der Waals surface area contributed by atoms with Crippen LogP contribution in [0.4, 0.5) is 0 Å². The van der Waals surface area contributed by atoms with E-state index in [1.807, 2.05) is 73.7 Å². The van der Waals surface area contributed by atoms with Gasteiger partial charge in [0.15, 0.2) is 5.69 Å². The minimum atomic E-state index is -0.627. The van der Waals surface area contributed by atoms with Crippen LogP contribution in [0.1, 0.15) is 39.4 Å². The number of hydrogen-bond acceptors (Lipinski definition) is 4. The number of amides is 2. The molecule has 0 aliphatic carbocycles. The molecule has 29 heavy (non-hydrogen) atoms. The molecule has 1 atom stereocenters. The van der Waals surface area contributed by atoms with Crippen LogP contribution in [0, 0.1) is 0 Å². The first-order valence-corrected chi connectivity index (χ1v) is 9.14. The first-order chi connectivity index (χ1) is 14.0. The molecule has 0 saturated carbocycles. The quantitative estimate of drug-likeness (QED) is 0.551. The molecular formula is C22H19N5O2. The molecule has 144 valence electrons. The standard InChI is InChI=1S/C22H19N5O2/c1-14(24-22(29)19-8-4-6-16-5-2-3-7-18(16)19)15-9-11-17(12-10-15)27-13-20(21(23)28)25-26-27/h2-14H,1H3,(H2,23,28)(H,24,29)/t14-/m1/s1. The summed E-state index contributed by atoms with van der Waals surface area (Å²) in [6.07, 6.45) is 1.48. The number of benzene rings is 3. The lowest BCUT2D eigenvalue weighted by atomic mass is 10.0. The van der Waals surface area contributed by atoms with Gasteiger partial charge in [0.1, 0.15) is 0 Å². The van der Waals surface area contributed by atoms with Crippen LogP contribution in [0.2, 0.25) is 0 Å². The second kappa shape index (κ2) is 7.55. The molecule has 2 amide bonds. The first kappa shape index (κ1) is 18.4. The summed E-state index contributed by atoms with van der Waals surface area (Å²) >= 11 is 0. The molecule has 0 unspecified atom stereocenters. The Kier molecular flexibility index (Phi) is 4.78. The van der Waals surface area contributed by atoms with Crippen molar-refractivity contribution in [1.82, 2.24) is 20.3 Å². The predicted molar refractivity (Wildman–Crippen MR) is 110 cm³/mol. The molecule has 0 aliphatic rings. The van der Waals surface area contributed by atoms with Crippen molar-refractivity contribution < 1.29 is 9.59 Å². The van der Waals surface area contributed by atoms with Gasteiger partial charge < -0.3 is 11.1 Å². The van der Waals surface area contributed by atoms with Crippen LogP contribution in [0.25, 0.3) is 16.5 Å². The van der Waals surface area contributed by atoms with Crippen molar-refractivity contribution in [2.75, 3.05) is 0 Å². The summed E-state index contributed by atoms with van der Waals surface area (Å²) in [7, 11) is 0. The number of carbonyl (C=O) groups excluding carboxylic acids is 2. The summed E-state index contributed by atoms with van der Waals surface area (Å²) in [4.78, 5) is 24.0. The van der Waals surface area contributed by atoms with Crippen LogP contribution in [0.15, 0.2) is 72.9 Å². The second-order valence-electron chi connectivity index (χ2n) is 6.73. The zero-order valence-electron chi connectivity index (χ0n) is 15.7. The van der Waals surface area contributed by atoms with Crippen LogP contribution < -0.4 is 11.1 Å². The maximum absolute atomic E-state index is 12.8. The SMILES string of the molecule is C[C@@H](NC(=O)c1cccc2ccccc12)c1ccc(-n2cc(C(N)=O)nn2)cc1. The van der Waals surface area contributed by atoms with E-state index < -0.39 is 5.91 Å². The fourth-order valence-electron chi connectivity index (χ4n) is 3.20. The zero-order valence-corrected chi connectivity index (χ0v) is 15.7. The van der Waals surface area contributed by atoms with Gasteiger partial charge in [-0.05, 0) is 41.5 Å². The number of hydrogen-bond donors (Lipinski definition) is 2. The highest BCUT2D eigenvalue weighted by Gasteiger charge is 2.14. The fraction of sp³-hybridized carbons (Fsp3) is 0.0909. The molecular weight excluding hydrogens is 366 g/mol. The van der Waals surface area contributed by atoms with Gasteiger partial charge in [-0.1, -0.05) is 53.7 Å². The van der Waals surface area contributed by atoms with Crippen LogP contribution in [-0.2, 0) is 0 Å². The smallest absolute Gasteiger partial charge is 0.270 e. The van der Waals surface area contributed by atoms with Crippen molar-refractivity contribution in [3.8, 4) is 5.69 Å². The molecule has 7 nitrogen and oxygen atoms in total. The number of rotatable bonds is 5. The lowest BCUT2D eigenvalue weighted by Crippen LogP contribution is -2.26. The largest absolute Gasteiger partial charge is 0.364 e. The third kappa shape index (κ3) is 3.70. The van der Waals surface area contributed by atoms with Crippen molar-refractivity contribution in [2.45, 2.75) is 13.0 Å². The molecule has 0 bridgehead atoms. The van der Waals surface area contributed by atoms with Crippen molar-refractivity contribution in [2.24, 2.45) is 5.73 Å². The monoisotopic (exact) mass is 385 g/mol. The number of primary amides is 1. The molecule has 0 radical (unpaired) electrons. The maximum Gasteiger partial charge on any atom is 0.270 e. The van der Waals surface area contributed by atoms with Crippen LogP contribution in [0.5, 0.6) is 0 Å². The molecule has 0 saturated heterocycles. The summed E-state index contributed by atoms with van der Waals surface area (Å²) in [5.41, 5.74) is 7.63. The van der Waals surface area contributed by atoms with Gasteiger partial charge in [0, 0.05) is 5.56 Å². The summed E-state index contributed by atoms with van der Waals surface area (Å²) in [6.45, 7) is 1.93. The molecule has 0 spiro atoms. The number of carbonyl (C=O) groups is 2. The summed E-state index contributed by atoms with van der Waals surface area (Å²) in [5, 5.41) is 12.6. The zero-order chi connectivity index (χ0) is 20.4. The van der Waals surface area contributed by atoms with E-state index in [9.17, 15) is 9.59 Å². The number of nitrogens with one attached hydrogen (secondary N) is 1. The van der Waals surface area contributed by atoms with Crippen molar-refractivity contribution in [3.05, 3.63) is 89.7 Å². The third-order valence-electron chi connectivity index (χ3n) is 4.79. The van der Waals surface area contributed by atoms with Crippen molar-refractivity contribution in [3.63, 3.8) is 0 Å². The van der Waals surface area contributed by atoms with Crippen LogP contribution >= 0.6 is 0 Å². The highest BCUT2D eigenvalue weighted by Crippen LogP contribution is 2.20. The Morgan fingerprint density at radius 3 is 2.45 bits per heavy atom. The second-order valence-corrected chi connectivity index (χ2v) is 6.73. The topological polar surface area (TPSA) is 103 Å². The molecule has 0 fully saturated rings. The number of fused-ring (bicyclic) bond motifs is 1.